The van der Waals surface area contributed by atoms with Crippen molar-refractivity contribution in [1.82, 2.24) is 15.6 Å². The van der Waals surface area contributed by atoms with Gasteiger partial charge in [-0.15, -0.1) is 5.10 Å². The number of para-hydroxylation sites is 1. The molecule has 184 valence electrons. The van der Waals surface area contributed by atoms with Crippen LogP contribution in [0, 0.1) is 13.8 Å². The van der Waals surface area contributed by atoms with E-state index < -0.39 is 0 Å². The highest BCUT2D eigenvalue weighted by atomic mass is 32.2. The number of benzene rings is 3. The number of hydrazone groups is 1. The average molecular weight is 502 g/mol. The second-order valence-corrected chi connectivity index (χ2v) is 9.02. The number of rotatable bonds is 9. The Kier molecular flexibility index (Phi) is 8.02. The third kappa shape index (κ3) is 5.92. The first-order valence-electron chi connectivity index (χ1n) is 11.5. The Balaban J connectivity index is 1.49. The fourth-order valence-corrected chi connectivity index (χ4v) is 4.23. The number of amides is 1. The molecule has 0 aliphatic carbocycles. The Morgan fingerprint density at radius 1 is 1.11 bits per heavy atom. The molecule has 4 aromatic rings. The molecule has 0 spiro atoms. The molecule has 0 aliphatic heterocycles. The molecule has 0 atom stereocenters. The summed E-state index contributed by atoms with van der Waals surface area (Å²) in [6.45, 7) is 6.28. The zero-order chi connectivity index (χ0) is 25.5. The molecule has 0 radical (unpaired) electrons. The van der Waals surface area contributed by atoms with Gasteiger partial charge in [0.15, 0.2) is 0 Å². The number of nitrogens with one attached hydrogen (secondary N) is 2. The van der Waals surface area contributed by atoms with Crippen LogP contribution in [0.4, 0.5) is 0 Å². The van der Waals surface area contributed by atoms with Crippen LogP contribution in [0.15, 0.2) is 77.0 Å². The summed E-state index contributed by atoms with van der Waals surface area (Å²) in [7, 11) is 0. The molecule has 0 fully saturated rings. The van der Waals surface area contributed by atoms with Crippen molar-refractivity contribution in [3.8, 4) is 28.6 Å². The molecule has 1 aromatic heterocycles. The fraction of sp³-hybridized carbons (Fsp3) is 0.185. The quantitative estimate of drug-likeness (QED) is 0.157. The minimum atomic E-state index is -0.319. The molecule has 0 unspecified atom stereocenters. The zero-order valence-electron chi connectivity index (χ0n) is 20.3. The molecule has 36 heavy (non-hydrogen) atoms. The van der Waals surface area contributed by atoms with Crippen molar-refractivity contribution in [3.05, 3.63) is 83.4 Å². The van der Waals surface area contributed by atoms with Crippen molar-refractivity contribution >= 4 is 23.9 Å². The van der Waals surface area contributed by atoms with Crippen LogP contribution in [-0.4, -0.2) is 34.7 Å². The molecule has 1 amide bonds. The number of carbonyl (C=O) groups excluding carboxylic acids is 1. The van der Waals surface area contributed by atoms with Gasteiger partial charge in [0.1, 0.15) is 11.4 Å². The van der Waals surface area contributed by atoms with Crippen LogP contribution >= 0.6 is 11.8 Å². The Hall–Kier alpha value is -4.11. The molecule has 0 aliphatic rings. The van der Waals surface area contributed by atoms with E-state index in [1.54, 1.807) is 18.2 Å². The van der Waals surface area contributed by atoms with Crippen molar-refractivity contribution in [2.75, 3.05) is 12.4 Å². The van der Waals surface area contributed by atoms with E-state index in [2.05, 4.69) is 20.7 Å². The minimum absolute atomic E-state index is 0.0879. The van der Waals surface area contributed by atoms with E-state index in [0.29, 0.717) is 17.3 Å². The largest absolute Gasteiger partial charge is 0.870 e. The predicted molar refractivity (Wildman–Crippen MR) is 139 cm³/mol. The molecule has 0 bridgehead atoms. The Morgan fingerprint density at radius 3 is 2.50 bits per heavy atom. The fourth-order valence-electron chi connectivity index (χ4n) is 3.47. The highest BCUT2D eigenvalue weighted by molar-refractivity contribution is 7.99. The van der Waals surface area contributed by atoms with Crippen LogP contribution in [0.25, 0.3) is 17.1 Å². The molecule has 4 rings (SSSR count). The van der Waals surface area contributed by atoms with E-state index in [1.807, 2.05) is 73.9 Å². The summed E-state index contributed by atoms with van der Waals surface area (Å²) < 4.78 is 7.30. The van der Waals surface area contributed by atoms with E-state index in [9.17, 15) is 9.90 Å². The van der Waals surface area contributed by atoms with E-state index in [-0.39, 0.29) is 23.2 Å². The van der Waals surface area contributed by atoms with E-state index >= 15 is 0 Å². The lowest BCUT2D eigenvalue weighted by atomic mass is 10.1. The minimum Gasteiger partial charge on any atom is -0.870 e. The summed E-state index contributed by atoms with van der Waals surface area (Å²) in [4.78, 5) is 12.5. The van der Waals surface area contributed by atoms with Crippen molar-refractivity contribution in [3.63, 3.8) is 0 Å². The lowest BCUT2D eigenvalue weighted by Crippen LogP contribution is -2.34. The number of aromatic nitrogens is 3. The van der Waals surface area contributed by atoms with Crippen molar-refractivity contribution in [1.29, 1.82) is 0 Å². The van der Waals surface area contributed by atoms with Gasteiger partial charge < -0.3 is 9.84 Å². The van der Waals surface area contributed by atoms with Gasteiger partial charge in [0.25, 0.3) is 11.7 Å². The summed E-state index contributed by atoms with van der Waals surface area (Å²) in [5, 5.41) is 24.5. The first kappa shape index (κ1) is 25.0. The van der Waals surface area contributed by atoms with Gasteiger partial charge in [-0.1, -0.05) is 53.3 Å². The average Bonchev–Trinajstić information content (AvgIpc) is 3.30. The number of ether oxygens (including phenoxy) is 1. The second kappa shape index (κ2) is 11.5. The molecule has 3 aromatic carbocycles. The van der Waals surface area contributed by atoms with E-state index in [4.69, 9.17) is 4.74 Å². The molecule has 8 nitrogen and oxygen atoms in total. The monoisotopic (exact) mass is 501 g/mol. The first-order chi connectivity index (χ1) is 17.5. The number of aromatic amines is 1. The van der Waals surface area contributed by atoms with Gasteiger partial charge in [0.05, 0.1) is 29.2 Å². The van der Waals surface area contributed by atoms with Crippen molar-refractivity contribution in [2.45, 2.75) is 25.9 Å². The van der Waals surface area contributed by atoms with Crippen LogP contribution in [0.1, 0.15) is 23.6 Å². The van der Waals surface area contributed by atoms with E-state index in [0.717, 1.165) is 22.6 Å². The molecular weight excluding hydrogens is 474 g/mol. The molecule has 2 N–H and O–H groups in total. The topological polar surface area (TPSA) is 106 Å². The van der Waals surface area contributed by atoms with Crippen molar-refractivity contribution in [2.24, 2.45) is 5.10 Å². The third-order valence-corrected chi connectivity index (χ3v) is 6.26. The van der Waals surface area contributed by atoms with Gasteiger partial charge in [0.2, 0.25) is 0 Å². The van der Waals surface area contributed by atoms with Gasteiger partial charge in [-0.3, -0.25) is 4.79 Å². The number of nitrogens with zero attached hydrogens (tertiary/aromatic N) is 3. The molecule has 0 saturated heterocycles. The summed E-state index contributed by atoms with van der Waals surface area (Å²) in [6, 6.07) is 21.2. The van der Waals surface area contributed by atoms with Gasteiger partial charge in [-0.25, -0.2) is 5.43 Å². The highest BCUT2D eigenvalue weighted by Crippen LogP contribution is 2.25. The van der Waals surface area contributed by atoms with Crippen molar-refractivity contribution < 1.29 is 19.2 Å². The van der Waals surface area contributed by atoms with Crippen LogP contribution in [0.5, 0.6) is 11.5 Å². The molecule has 1 heterocycles. The van der Waals surface area contributed by atoms with Crippen LogP contribution in [0.3, 0.4) is 0 Å². The Bertz CT molecular complexity index is 1370. The standard InChI is InChI=1S/C27H27N5O3S/c1-4-35-23-7-5-6-21(25(23)34)16-28-29-24(33)17-36-27-31-30-26(20-12-8-18(2)9-13-20)32(27)22-14-10-19(3)11-15-22/h5-16H,4,17H2,1-3H3,(H2,28,29,33,34). The van der Waals surface area contributed by atoms with Gasteiger partial charge in [-0.2, -0.15) is 9.67 Å². The van der Waals surface area contributed by atoms with Gasteiger partial charge in [-0.05, 0) is 68.4 Å². The van der Waals surface area contributed by atoms with Crippen LogP contribution < -0.4 is 19.8 Å². The molecule has 9 heteroatoms. The molecule has 0 saturated carbocycles. The SMILES string of the molecule is CCOc1cccc(/C=N/NC(=O)CSc2n[nH]c(-c3ccc(C)cc3)[n+]2-c2ccc(C)cc2)c1[O-]. The maximum absolute atomic E-state index is 12.5. The third-order valence-electron chi connectivity index (χ3n) is 5.32. The maximum atomic E-state index is 12.5. The lowest BCUT2D eigenvalue weighted by molar-refractivity contribution is -0.625. The smallest absolute Gasteiger partial charge is 0.342 e. The Morgan fingerprint density at radius 2 is 1.81 bits per heavy atom. The van der Waals surface area contributed by atoms with Gasteiger partial charge in [0, 0.05) is 0 Å². The highest BCUT2D eigenvalue weighted by Gasteiger charge is 2.24. The maximum Gasteiger partial charge on any atom is 0.342 e. The summed E-state index contributed by atoms with van der Waals surface area (Å²) in [5.74, 6) is 0.569. The zero-order valence-corrected chi connectivity index (χ0v) is 21.1. The second-order valence-electron chi connectivity index (χ2n) is 8.08. The number of H-pyrrole nitrogens is 1. The van der Waals surface area contributed by atoms with Crippen LogP contribution in [-0.2, 0) is 4.79 Å². The lowest BCUT2D eigenvalue weighted by Gasteiger charge is -2.15. The van der Waals surface area contributed by atoms with Crippen LogP contribution in [0.2, 0.25) is 0 Å². The number of thioether (sulfide) groups is 1. The predicted octanol–water partition coefficient (Wildman–Crippen LogP) is 3.68. The number of aryl methyl sites for hydroxylation is 2. The normalized spacial score (nSPS) is 11.1. The first-order valence-corrected chi connectivity index (χ1v) is 12.5. The van der Waals surface area contributed by atoms with E-state index in [1.165, 1.54) is 23.5 Å². The summed E-state index contributed by atoms with van der Waals surface area (Å²) in [6.07, 6.45) is 1.32. The number of hydrogen-bond donors (Lipinski definition) is 2. The number of carbonyl (C=O) groups is 1. The van der Waals surface area contributed by atoms with Gasteiger partial charge >= 0.3 is 5.16 Å². The summed E-state index contributed by atoms with van der Waals surface area (Å²) >= 11 is 1.28. The summed E-state index contributed by atoms with van der Waals surface area (Å²) in [5.41, 5.74) is 7.04. The molecular formula is C27H27N5O3S. The number of hydrogen-bond acceptors (Lipinski definition) is 6. The Labute approximate surface area is 214 Å².